The smallest absolute Gasteiger partial charge is 0.0438 e. The van der Waals surface area contributed by atoms with Crippen LogP contribution in [-0.4, -0.2) is 6.04 Å². The monoisotopic (exact) mass is 282 g/mol. The second-order valence-corrected chi connectivity index (χ2v) is 7.17. The predicted octanol–water partition coefficient (Wildman–Crippen LogP) is 4.18. The summed E-state index contributed by atoms with van der Waals surface area (Å²) in [6.45, 7) is 9.13. The molecule has 1 rings (SSSR count). The molecule has 0 aliphatic rings. The minimum absolute atomic E-state index is 0.275. The van der Waals surface area contributed by atoms with E-state index < -0.39 is 0 Å². The van der Waals surface area contributed by atoms with Crippen LogP contribution in [0.3, 0.4) is 0 Å². The van der Waals surface area contributed by atoms with Gasteiger partial charge in [-0.05, 0) is 42.2 Å². The number of hydrogen-bond donors (Lipinski definition) is 2. The van der Waals surface area contributed by atoms with Crippen LogP contribution < -0.4 is 11.3 Å². The molecule has 0 bridgehead atoms. The summed E-state index contributed by atoms with van der Waals surface area (Å²) in [6.07, 6.45) is 3.15. The minimum atomic E-state index is 0.275. The van der Waals surface area contributed by atoms with Gasteiger partial charge in [0.25, 0.3) is 0 Å². The van der Waals surface area contributed by atoms with E-state index in [2.05, 4.69) is 39.2 Å². The van der Waals surface area contributed by atoms with E-state index >= 15 is 0 Å². The Bertz CT molecular complexity index is 385. The summed E-state index contributed by atoms with van der Waals surface area (Å²) < 4.78 is 0. The van der Waals surface area contributed by atoms with Crippen molar-refractivity contribution >= 4 is 11.6 Å². The Morgan fingerprint density at radius 3 is 2.42 bits per heavy atom. The van der Waals surface area contributed by atoms with Crippen LogP contribution in [-0.2, 0) is 6.42 Å². The Hall–Kier alpha value is -0.570. The molecule has 0 spiro atoms. The predicted molar refractivity (Wildman–Crippen MR) is 84.1 cm³/mol. The zero-order chi connectivity index (χ0) is 14.5. The molecule has 2 atom stereocenters. The molecule has 0 saturated heterocycles. The zero-order valence-corrected chi connectivity index (χ0v) is 13.3. The molecule has 1 aromatic rings. The molecule has 2 nitrogen and oxygen atoms in total. The van der Waals surface area contributed by atoms with E-state index in [0.29, 0.717) is 11.3 Å². The van der Waals surface area contributed by atoms with Gasteiger partial charge in [-0.15, -0.1) is 0 Å². The van der Waals surface area contributed by atoms with E-state index in [1.165, 1.54) is 6.42 Å². The van der Waals surface area contributed by atoms with Gasteiger partial charge in [-0.2, -0.15) is 0 Å². The molecule has 0 heterocycles. The average Bonchev–Trinajstić information content (AvgIpc) is 2.28. The third-order valence-electron chi connectivity index (χ3n) is 3.31. The fourth-order valence-electron chi connectivity index (χ4n) is 2.75. The summed E-state index contributed by atoms with van der Waals surface area (Å²) in [4.78, 5) is 0. The lowest BCUT2D eigenvalue weighted by Gasteiger charge is -2.26. The third kappa shape index (κ3) is 6.42. The summed E-state index contributed by atoms with van der Waals surface area (Å²) >= 11 is 6.20. The number of nitrogens with one attached hydrogen (secondary N) is 1. The second kappa shape index (κ2) is 7.28. The number of rotatable bonds is 6. The molecule has 0 aliphatic carbocycles. The highest BCUT2D eigenvalue weighted by atomic mass is 35.5. The molecule has 1 aromatic carbocycles. The van der Waals surface area contributed by atoms with Crippen LogP contribution in [0.25, 0.3) is 0 Å². The van der Waals surface area contributed by atoms with Gasteiger partial charge in [0.1, 0.15) is 0 Å². The molecule has 0 aliphatic heterocycles. The Labute approximate surface area is 122 Å². The van der Waals surface area contributed by atoms with Gasteiger partial charge in [-0.1, -0.05) is 57.5 Å². The summed E-state index contributed by atoms with van der Waals surface area (Å²) in [5, 5.41) is 0.825. The Morgan fingerprint density at radius 1 is 1.26 bits per heavy atom. The second-order valence-electron chi connectivity index (χ2n) is 6.76. The molecule has 0 fully saturated rings. The van der Waals surface area contributed by atoms with E-state index in [1.807, 2.05) is 18.2 Å². The van der Waals surface area contributed by atoms with Crippen LogP contribution in [0.15, 0.2) is 24.3 Å². The number of hydrogen-bond acceptors (Lipinski definition) is 2. The zero-order valence-electron chi connectivity index (χ0n) is 12.5. The molecule has 0 radical (unpaired) electrons. The molecular formula is C16H27ClN2. The summed E-state index contributed by atoms with van der Waals surface area (Å²) in [6, 6.07) is 8.26. The first-order chi connectivity index (χ1) is 8.81. The molecule has 3 N–H and O–H groups in total. The van der Waals surface area contributed by atoms with Crippen molar-refractivity contribution in [2.45, 2.75) is 53.0 Å². The highest BCUT2D eigenvalue weighted by Gasteiger charge is 2.19. The summed E-state index contributed by atoms with van der Waals surface area (Å²) in [5.41, 5.74) is 4.46. The van der Waals surface area contributed by atoms with E-state index in [1.54, 1.807) is 0 Å². The highest BCUT2D eigenvalue weighted by Crippen LogP contribution is 2.27. The molecule has 3 heteroatoms. The Balaban J connectivity index is 2.57. The summed E-state index contributed by atoms with van der Waals surface area (Å²) in [7, 11) is 0. The maximum Gasteiger partial charge on any atom is 0.0438 e. The standard InChI is InChI=1S/C16H27ClN2/c1-12(11-16(2,3)4)9-14(19-18)10-13-7-5-6-8-15(13)17/h5-8,12,14,19H,9-11,18H2,1-4H3. The van der Waals surface area contributed by atoms with E-state index in [9.17, 15) is 0 Å². The van der Waals surface area contributed by atoms with Crippen molar-refractivity contribution in [2.24, 2.45) is 17.2 Å². The molecule has 0 saturated carbocycles. The lowest BCUT2D eigenvalue weighted by molar-refractivity contribution is 0.274. The maximum atomic E-state index is 6.20. The largest absolute Gasteiger partial charge is 0.271 e. The van der Waals surface area contributed by atoms with Gasteiger partial charge in [-0.3, -0.25) is 11.3 Å². The van der Waals surface area contributed by atoms with Gasteiger partial charge in [0.2, 0.25) is 0 Å². The molecular weight excluding hydrogens is 256 g/mol. The molecule has 0 aromatic heterocycles. The van der Waals surface area contributed by atoms with Crippen LogP contribution in [0.4, 0.5) is 0 Å². The van der Waals surface area contributed by atoms with Crippen LogP contribution in [0, 0.1) is 11.3 Å². The van der Waals surface area contributed by atoms with Gasteiger partial charge < -0.3 is 0 Å². The van der Waals surface area contributed by atoms with Crippen LogP contribution in [0.1, 0.15) is 46.1 Å². The highest BCUT2D eigenvalue weighted by molar-refractivity contribution is 6.31. The first-order valence-electron chi connectivity index (χ1n) is 7.01. The number of nitrogens with two attached hydrogens (primary N) is 1. The van der Waals surface area contributed by atoms with Crippen molar-refractivity contribution in [1.82, 2.24) is 5.43 Å². The van der Waals surface area contributed by atoms with Gasteiger partial charge in [0.05, 0.1) is 0 Å². The SMILES string of the molecule is CC(CC(Cc1ccccc1Cl)NN)CC(C)(C)C. The Morgan fingerprint density at radius 2 is 1.89 bits per heavy atom. The van der Waals surface area contributed by atoms with Crippen molar-refractivity contribution in [3.05, 3.63) is 34.9 Å². The van der Waals surface area contributed by atoms with Crippen molar-refractivity contribution in [3.63, 3.8) is 0 Å². The average molecular weight is 283 g/mol. The topological polar surface area (TPSA) is 38.0 Å². The first-order valence-corrected chi connectivity index (χ1v) is 7.39. The van der Waals surface area contributed by atoms with E-state index in [-0.39, 0.29) is 6.04 Å². The van der Waals surface area contributed by atoms with Crippen molar-refractivity contribution in [1.29, 1.82) is 0 Å². The molecule has 0 amide bonds. The molecule has 19 heavy (non-hydrogen) atoms. The lowest BCUT2D eigenvalue weighted by Crippen LogP contribution is -2.38. The van der Waals surface area contributed by atoms with Crippen molar-refractivity contribution in [3.8, 4) is 0 Å². The van der Waals surface area contributed by atoms with Gasteiger partial charge >= 0.3 is 0 Å². The van der Waals surface area contributed by atoms with Gasteiger partial charge in [0, 0.05) is 11.1 Å². The fourth-order valence-corrected chi connectivity index (χ4v) is 2.97. The van der Waals surface area contributed by atoms with Crippen LogP contribution >= 0.6 is 11.6 Å². The first kappa shape index (κ1) is 16.5. The third-order valence-corrected chi connectivity index (χ3v) is 3.68. The number of benzene rings is 1. The number of hydrazine groups is 1. The van der Waals surface area contributed by atoms with Crippen molar-refractivity contribution < 1.29 is 0 Å². The minimum Gasteiger partial charge on any atom is -0.271 e. The Kier molecular flexibility index (Phi) is 6.31. The maximum absolute atomic E-state index is 6.20. The molecule has 108 valence electrons. The normalized spacial score (nSPS) is 15.3. The van der Waals surface area contributed by atoms with E-state index in [0.717, 1.165) is 23.4 Å². The van der Waals surface area contributed by atoms with Crippen LogP contribution in [0.5, 0.6) is 0 Å². The lowest BCUT2D eigenvalue weighted by atomic mass is 9.82. The number of halogens is 1. The fraction of sp³-hybridized carbons (Fsp3) is 0.625. The summed E-state index contributed by atoms with van der Waals surface area (Å²) in [5.74, 6) is 6.33. The molecule has 2 unspecified atom stereocenters. The van der Waals surface area contributed by atoms with E-state index in [4.69, 9.17) is 17.4 Å². The van der Waals surface area contributed by atoms with Crippen molar-refractivity contribution in [2.75, 3.05) is 0 Å². The quantitative estimate of drug-likeness (QED) is 0.607. The van der Waals surface area contributed by atoms with Crippen LogP contribution in [0.2, 0.25) is 5.02 Å². The van der Waals surface area contributed by atoms with Gasteiger partial charge in [-0.25, -0.2) is 0 Å². The van der Waals surface area contributed by atoms with Gasteiger partial charge in [0.15, 0.2) is 0 Å².